The Balaban J connectivity index is 2.41. The van der Waals surface area contributed by atoms with E-state index in [-0.39, 0.29) is 0 Å². The van der Waals surface area contributed by atoms with Crippen LogP contribution >= 0.6 is 11.8 Å². The molecule has 0 aliphatic rings. The largest absolute Gasteiger partial charge is 0.298 e. The van der Waals surface area contributed by atoms with Crippen molar-refractivity contribution in [2.24, 2.45) is 0 Å². The van der Waals surface area contributed by atoms with Gasteiger partial charge in [0.2, 0.25) is 0 Å². The second-order valence-corrected chi connectivity index (χ2v) is 5.03. The lowest BCUT2D eigenvalue weighted by molar-refractivity contribution is 0.112. The van der Waals surface area contributed by atoms with Crippen LogP contribution in [0, 0.1) is 13.8 Å². The van der Waals surface area contributed by atoms with Crippen molar-refractivity contribution in [2.75, 3.05) is 0 Å². The van der Waals surface area contributed by atoms with Crippen molar-refractivity contribution in [3.8, 4) is 0 Å². The molecular formula is C15H14OS. The lowest BCUT2D eigenvalue weighted by atomic mass is 10.2. The minimum atomic E-state index is 0.750. The van der Waals surface area contributed by atoms with E-state index in [1.807, 2.05) is 24.3 Å². The maximum atomic E-state index is 11.0. The van der Waals surface area contributed by atoms with Crippen LogP contribution in [0.5, 0.6) is 0 Å². The maximum absolute atomic E-state index is 11.0. The van der Waals surface area contributed by atoms with Gasteiger partial charge in [-0.3, -0.25) is 4.79 Å². The molecule has 2 rings (SSSR count). The van der Waals surface area contributed by atoms with Crippen molar-refractivity contribution in [3.63, 3.8) is 0 Å². The fourth-order valence-corrected chi connectivity index (χ4v) is 2.80. The van der Waals surface area contributed by atoms with Gasteiger partial charge in [-0.05, 0) is 31.0 Å². The first-order valence-electron chi connectivity index (χ1n) is 5.50. The summed E-state index contributed by atoms with van der Waals surface area (Å²) in [7, 11) is 0. The van der Waals surface area contributed by atoms with Gasteiger partial charge >= 0.3 is 0 Å². The van der Waals surface area contributed by atoms with Gasteiger partial charge in [0.25, 0.3) is 0 Å². The topological polar surface area (TPSA) is 17.1 Å². The molecule has 0 aliphatic heterocycles. The van der Waals surface area contributed by atoms with E-state index in [0.29, 0.717) is 0 Å². The summed E-state index contributed by atoms with van der Waals surface area (Å²) in [5.74, 6) is 0. The first kappa shape index (κ1) is 11.9. The molecule has 0 bridgehead atoms. The fraction of sp³-hybridized carbons (Fsp3) is 0.133. The van der Waals surface area contributed by atoms with E-state index in [1.165, 1.54) is 16.0 Å². The van der Waals surface area contributed by atoms with Crippen molar-refractivity contribution in [3.05, 3.63) is 59.2 Å². The van der Waals surface area contributed by atoms with Crippen LogP contribution in [0.1, 0.15) is 21.5 Å². The minimum absolute atomic E-state index is 0.750. The number of carbonyl (C=O) groups excluding carboxylic acids is 1. The zero-order valence-corrected chi connectivity index (χ0v) is 10.8. The molecule has 86 valence electrons. The van der Waals surface area contributed by atoms with E-state index in [0.717, 1.165) is 16.7 Å². The van der Waals surface area contributed by atoms with E-state index in [2.05, 4.69) is 32.0 Å². The highest BCUT2D eigenvalue weighted by Crippen LogP contribution is 2.34. The first-order valence-corrected chi connectivity index (χ1v) is 6.32. The Morgan fingerprint density at radius 1 is 0.941 bits per heavy atom. The highest BCUT2D eigenvalue weighted by molar-refractivity contribution is 7.99. The number of hydrogen-bond acceptors (Lipinski definition) is 2. The Morgan fingerprint density at radius 2 is 1.59 bits per heavy atom. The lowest BCUT2D eigenvalue weighted by Gasteiger charge is -2.10. The molecule has 0 saturated carbocycles. The summed E-state index contributed by atoms with van der Waals surface area (Å²) in [6.45, 7) is 4.19. The van der Waals surface area contributed by atoms with Crippen LogP contribution in [0.25, 0.3) is 0 Å². The zero-order chi connectivity index (χ0) is 12.3. The van der Waals surface area contributed by atoms with Crippen LogP contribution < -0.4 is 0 Å². The van der Waals surface area contributed by atoms with Gasteiger partial charge in [0.05, 0.1) is 0 Å². The molecular weight excluding hydrogens is 228 g/mol. The van der Waals surface area contributed by atoms with Crippen LogP contribution in [0.3, 0.4) is 0 Å². The summed E-state index contributed by atoms with van der Waals surface area (Å²) in [6.07, 6.45) is 0.913. The van der Waals surface area contributed by atoms with Crippen molar-refractivity contribution in [1.82, 2.24) is 0 Å². The summed E-state index contributed by atoms with van der Waals surface area (Å²) < 4.78 is 0. The number of aldehydes is 1. The quantitative estimate of drug-likeness (QED) is 0.748. The maximum Gasteiger partial charge on any atom is 0.151 e. The summed E-state index contributed by atoms with van der Waals surface area (Å²) in [4.78, 5) is 13.2. The van der Waals surface area contributed by atoms with Gasteiger partial charge in [0, 0.05) is 15.4 Å². The van der Waals surface area contributed by atoms with Crippen LogP contribution in [0.4, 0.5) is 0 Å². The second-order valence-electron chi connectivity index (χ2n) is 3.98. The van der Waals surface area contributed by atoms with Crippen LogP contribution in [0.2, 0.25) is 0 Å². The summed E-state index contributed by atoms with van der Waals surface area (Å²) in [6, 6.07) is 13.9. The molecule has 0 spiro atoms. The zero-order valence-electron chi connectivity index (χ0n) is 9.94. The summed E-state index contributed by atoms with van der Waals surface area (Å²) >= 11 is 1.66. The van der Waals surface area contributed by atoms with Crippen LogP contribution in [-0.4, -0.2) is 6.29 Å². The van der Waals surface area contributed by atoms with E-state index >= 15 is 0 Å². The smallest absolute Gasteiger partial charge is 0.151 e. The van der Waals surface area contributed by atoms with Gasteiger partial charge < -0.3 is 0 Å². The molecule has 1 nitrogen and oxygen atoms in total. The van der Waals surface area contributed by atoms with E-state index in [9.17, 15) is 4.79 Å². The molecule has 2 aromatic rings. The van der Waals surface area contributed by atoms with Crippen molar-refractivity contribution in [1.29, 1.82) is 0 Å². The van der Waals surface area contributed by atoms with Gasteiger partial charge in [-0.15, -0.1) is 0 Å². The third-order valence-electron chi connectivity index (χ3n) is 2.67. The molecule has 0 aromatic heterocycles. The molecule has 17 heavy (non-hydrogen) atoms. The van der Waals surface area contributed by atoms with Gasteiger partial charge in [-0.25, -0.2) is 0 Å². The Hall–Kier alpha value is -1.54. The Morgan fingerprint density at radius 3 is 2.24 bits per heavy atom. The Kier molecular flexibility index (Phi) is 3.64. The van der Waals surface area contributed by atoms with Gasteiger partial charge in [0.15, 0.2) is 6.29 Å². The normalized spacial score (nSPS) is 10.2. The molecule has 0 fully saturated rings. The molecule has 0 unspecified atom stereocenters. The van der Waals surface area contributed by atoms with Crippen LogP contribution in [0.15, 0.2) is 52.3 Å². The number of rotatable bonds is 3. The highest BCUT2D eigenvalue weighted by atomic mass is 32.2. The Labute approximate surface area is 106 Å². The van der Waals surface area contributed by atoms with Gasteiger partial charge in [-0.2, -0.15) is 0 Å². The number of aryl methyl sites for hydroxylation is 2. The highest BCUT2D eigenvalue weighted by Gasteiger charge is 2.07. The fourth-order valence-electron chi connectivity index (χ4n) is 1.74. The average molecular weight is 242 g/mol. The van der Waals surface area contributed by atoms with E-state index < -0.39 is 0 Å². The molecule has 0 radical (unpaired) electrons. The first-order chi connectivity index (χ1) is 8.22. The predicted octanol–water partition coefficient (Wildman–Crippen LogP) is 4.27. The minimum Gasteiger partial charge on any atom is -0.298 e. The predicted molar refractivity (Wildman–Crippen MR) is 71.9 cm³/mol. The third kappa shape index (κ3) is 2.59. The number of carbonyl (C=O) groups is 1. The average Bonchev–Trinajstić information content (AvgIpc) is 2.34. The molecule has 0 saturated heterocycles. The standard InChI is InChI=1S/C15H14OS/c1-11-6-5-7-12(2)15(11)17-14-9-4-3-8-13(14)10-16/h3-10H,1-2H3. The third-order valence-corrected chi connectivity index (χ3v) is 4.11. The number of benzene rings is 2. The number of hydrogen-bond donors (Lipinski definition) is 0. The molecule has 2 heteroatoms. The van der Waals surface area contributed by atoms with E-state index in [1.54, 1.807) is 11.8 Å². The summed E-state index contributed by atoms with van der Waals surface area (Å²) in [5, 5.41) is 0. The Bertz CT molecular complexity index is 526. The lowest BCUT2D eigenvalue weighted by Crippen LogP contribution is -1.88. The van der Waals surface area contributed by atoms with Crippen molar-refractivity contribution < 1.29 is 4.79 Å². The molecule has 2 aromatic carbocycles. The van der Waals surface area contributed by atoms with Gasteiger partial charge in [0.1, 0.15) is 0 Å². The van der Waals surface area contributed by atoms with E-state index in [4.69, 9.17) is 0 Å². The molecule has 0 amide bonds. The monoisotopic (exact) mass is 242 g/mol. The van der Waals surface area contributed by atoms with Crippen molar-refractivity contribution >= 4 is 18.0 Å². The molecule has 0 heterocycles. The molecule has 0 aliphatic carbocycles. The SMILES string of the molecule is Cc1cccc(C)c1Sc1ccccc1C=O. The molecule has 0 atom stereocenters. The van der Waals surface area contributed by atoms with Crippen LogP contribution in [-0.2, 0) is 0 Å². The van der Waals surface area contributed by atoms with Gasteiger partial charge in [-0.1, -0.05) is 48.2 Å². The van der Waals surface area contributed by atoms with Crippen molar-refractivity contribution in [2.45, 2.75) is 23.6 Å². The summed E-state index contributed by atoms with van der Waals surface area (Å²) in [5.41, 5.74) is 3.24. The molecule has 0 N–H and O–H groups in total. The second kappa shape index (κ2) is 5.19.